The summed E-state index contributed by atoms with van der Waals surface area (Å²) in [7, 11) is 1.88. The predicted molar refractivity (Wildman–Crippen MR) is 80.6 cm³/mol. The van der Waals surface area contributed by atoms with Gasteiger partial charge in [0.15, 0.2) is 0 Å². The van der Waals surface area contributed by atoms with Crippen molar-refractivity contribution in [1.82, 2.24) is 15.1 Å². The highest BCUT2D eigenvalue weighted by Crippen LogP contribution is 2.13. The molecule has 1 aromatic heterocycles. The van der Waals surface area contributed by atoms with Gasteiger partial charge in [-0.05, 0) is 25.0 Å². The Bertz CT molecular complexity index is 647. The molecule has 2 rings (SSSR count). The maximum atomic E-state index is 12.1. The molecule has 0 unspecified atom stereocenters. The fraction of sp³-hybridized carbons (Fsp3) is 0.375. The van der Waals surface area contributed by atoms with Gasteiger partial charge in [0.25, 0.3) is 0 Å². The average molecular weight is 287 g/mol. The molecule has 1 heterocycles. The van der Waals surface area contributed by atoms with Gasteiger partial charge in [-0.1, -0.05) is 24.3 Å². The SMILES string of the molecule is Cc1nn(C)c(C)c1CC(=O)NCc1ccccc1CO. The van der Waals surface area contributed by atoms with Crippen LogP contribution in [0.25, 0.3) is 0 Å². The molecule has 0 radical (unpaired) electrons. The second kappa shape index (κ2) is 6.54. The smallest absolute Gasteiger partial charge is 0.224 e. The van der Waals surface area contributed by atoms with Gasteiger partial charge in [0.1, 0.15) is 0 Å². The number of aromatic nitrogens is 2. The summed E-state index contributed by atoms with van der Waals surface area (Å²) in [6.45, 7) is 4.28. The topological polar surface area (TPSA) is 67.2 Å². The maximum absolute atomic E-state index is 12.1. The van der Waals surface area contributed by atoms with E-state index in [0.29, 0.717) is 13.0 Å². The highest BCUT2D eigenvalue weighted by molar-refractivity contribution is 5.79. The van der Waals surface area contributed by atoms with Gasteiger partial charge < -0.3 is 10.4 Å². The van der Waals surface area contributed by atoms with Crippen molar-refractivity contribution < 1.29 is 9.90 Å². The van der Waals surface area contributed by atoms with Crippen molar-refractivity contribution in [3.05, 3.63) is 52.3 Å². The van der Waals surface area contributed by atoms with Crippen molar-refractivity contribution >= 4 is 5.91 Å². The molecular weight excluding hydrogens is 266 g/mol. The van der Waals surface area contributed by atoms with Crippen LogP contribution in [-0.4, -0.2) is 20.8 Å². The molecule has 21 heavy (non-hydrogen) atoms. The van der Waals surface area contributed by atoms with Crippen LogP contribution in [0.1, 0.15) is 28.1 Å². The lowest BCUT2D eigenvalue weighted by atomic mass is 10.1. The maximum Gasteiger partial charge on any atom is 0.224 e. The monoisotopic (exact) mass is 287 g/mol. The first-order valence-electron chi connectivity index (χ1n) is 6.96. The van der Waals surface area contributed by atoms with Crippen LogP contribution in [0, 0.1) is 13.8 Å². The van der Waals surface area contributed by atoms with Crippen LogP contribution in [-0.2, 0) is 31.4 Å². The highest BCUT2D eigenvalue weighted by Gasteiger charge is 2.13. The molecule has 0 aliphatic rings. The summed E-state index contributed by atoms with van der Waals surface area (Å²) >= 11 is 0. The zero-order chi connectivity index (χ0) is 15.4. The van der Waals surface area contributed by atoms with Crippen molar-refractivity contribution in [1.29, 1.82) is 0 Å². The largest absolute Gasteiger partial charge is 0.392 e. The molecule has 0 atom stereocenters. The van der Waals surface area contributed by atoms with Crippen LogP contribution in [0.4, 0.5) is 0 Å². The molecule has 0 saturated carbocycles. The molecule has 2 N–H and O–H groups in total. The van der Waals surface area contributed by atoms with Gasteiger partial charge in [0.2, 0.25) is 5.91 Å². The van der Waals surface area contributed by atoms with Crippen molar-refractivity contribution in [3.8, 4) is 0 Å². The fourth-order valence-corrected chi connectivity index (χ4v) is 2.37. The third-order valence-electron chi connectivity index (χ3n) is 3.76. The normalized spacial score (nSPS) is 10.7. The Morgan fingerprint density at radius 2 is 1.95 bits per heavy atom. The number of carbonyl (C=O) groups excluding carboxylic acids is 1. The van der Waals surface area contributed by atoms with Crippen LogP contribution in [0.5, 0.6) is 0 Å². The lowest BCUT2D eigenvalue weighted by Gasteiger charge is -2.09. The van der Waals surface area contributed by atoms with E-state index in [1.807, 2.05) is 45.2 Å². The van der Waals surface area contributed by atoms with E-state index in [0.717, 1.165) is 28.1 Å². The molecule has 0 spiro atoms. The molecule has 5 heteroatoms. The van der Waals surface area contributed by atoms with E-state index in [1.165, 1.54) is 0 Å². The molecule has 0 bridgehead atoms. The Morgan fingerprint density at radius 1 is 1.29 bits per heavy atom. The van der Waals surface area contributed by atoms with Gasteiger partial charge in [0, 0.05) is 24.8 Å². The summed E-state index contributed by atoms with van der Waals surface area (Å²) in [5.74, 6) is -0.0399. The van der Waals surface area contributed by atoms with Gasteiger partial charge in [-0.3, -0.25) is 9.48 Å². The number of aryl methyl sites for hydroxylation is 2. The lowest BCUT2D eigenvalue weighted by molar-refractivity contribution is -0.120. The summed E-state index contributed by atoms with van der Waals surface area (Å²) in [6.07, 6.45) is 0.326. The first kappa shape index (κ1) is 15.3. The van der Waals surface area contributed by atoms with Gasteiger partial charge in [-0.15, -0.1) is 0 Å². The number of nitrogens with one attached hydrogen (secondary N) is 1. The van der Waals surface area contributed by atoms with Gasteiger partial charge in [-0.2, -0.15) is 5.10 Å². The van der Waals surface area contributed by atoms with Gasteiger partial charge in [-0.25, -0.2) is 0 Å². The molecule has 1 aromatic carbocycles. The van der Waals surface area contributed by atoms with Crippen molar-refractivity contribution in [2.45, 2.75) is 33.4 Å². The minimum Gasteiger partial charge on any atom is -0.392 e. The quantitative estimate of drug-likeness (QED) is 0.873. The zero-order valence-corrected chi connectivity index (χ0v) is 12.7. The Balaban J connectivity index is 1.99. The molecular formula is C16H21N3O2. The Morgan fingerprint density at radius 3 is 2.52 bits per heavy atom. The average Bonchev–Trinajstić information content (AvgIpc) is 2.72. The zero-order valence-electron chi connectivity index (χ0n) is 12.7. The number of benzene rings is 1. The highest BCUT2D eigenvalue weighted by atomic mass is 16.3. The van der Waals surface area contributed by atoms with E-state index < -0.39 is 0 Å². The second-order valence-corrected chi connectivity index (χ2v) is 5.15. The number of rotatable bonds is 5. The minimum absolute atomic E-state index is 0.0210. The molecule has 112 valence electrons. The van der Waals surface area contributed by atoms with E-state index in [9.17, 15) is 9.90 Å². The Kier molecular flexibility index (Phi) is 4.75. The van der Waals surface area contributed by atoms with Crippen molar-refractivity contribution in [2.24, 2.45) is 7.05 Å². The Labute approximate surface area is 124 Å². The first-order chi connectivity index (χ1) is 10.0. The van der Waals surface area contributed by atoms with Crippen LogP contribution < -0.4 is 5.32 Å². The van der Waals surface area contributed by atoms with E-state index in [2.05, 4.69) is 10.4 Å². The molecule has 0 saturated heterocycles. The summed E-state index contributed by atoms with van der Waals surface area (Å²) in [4.78, 5) is 12.1. The fourth-order valence-electron chi connectivity index (χ4n) is 2.37. The molecule has 1 amide bonds. The number of amides is 1. The van der Waals surface area contributed by atoms with Crippen LogP contribution in [0.3, 0.4) is 0 Å². The predicted octanol–water partition coefficient (Wildman–Crippen LogP) is 1.39. The molecule has 0 aliphatic carbocycles. The third-order valence-corrected chi connectivity index (χ3v) is 3.76. The summed E-state index contributed by atoms with van der Waals surface area (Å²) < 4.78 is 1.79. The van der Waals surface area contributed by atoms with E-state index in [4.69, 9.17) is 0 Å². The van der Waals surface area contributed by atoms with Gasteiger partial charge >= 0.3 is 0 Å². The number of hydrogen-bond acceptors (Lipinski definition) is 3. The van der Waals surface area contributed by atoms with Crippen molar-refractivity contribution in [3.63, 3.8) is 0 Å². The Hall–Kier alpha value is -2.14. The van der Waals surface area contributed by atoms with Crippen LogP contribution >= 0.6 is 0 Å². The molecule has 5 nitrogen and oxygen atoms in total. The summed E-state index contributed by atoms with van der Waals surface area (Å²) in [6, 6.07) is 7.54. The molecule has 2 aromatic rings. The summed E-state index contributed by atoms with van der Waals surface area (Å²) in [5, 5.41) is 16.5. The minimum atomic E-state index is -0.0399. The number of aliphatic hydroxyl groups is 1. The molecule has 0 fully saturated rings. The van der Waals surface area contributed by atoms with Crippen LogP contribution in [0.2, 0.25) is 0 Å². The van der Waals surface area contributed by atoms with E-state index >= 15 is 0 Å². The lowest BCUT2D eigenvalue weighted by Crippen LogP contribution is -2.25. The summed E-state index contributed by atoms with van der Waals surface area (Å²) in [5.41, 5.74) is 4.66. The standard InChI is InChI=1S/C16H21N3O2/c1-11-15(12(2)19(3)18-11)8-16(21)17-9-13-6-4-5-7-14(13)10-20/h4-7,20H,8-10H2,1-3H3,(H,17,21). The van der Waals surface area contributed by atoms with E-state index in [1.54, 1.807) is 4.68 Å². The number of nitrogens with zero attached hydrogens (tertiary/aromatic N) is 2. The van der Waals surface area contributed by atoms with Gasteiger partial charge in [0.05, 0.1) is 18.7 Å². The van der Waals surface area contributed by atoms with E-state index in [-0.39, 0.29) is 12.5 Å². The first-order valence-corrected chi connectivity index (χ1v) is 6.96. The number of carbonyl (C=O) groups is 1. The van der Waals surface area contributed by atoms with Crippen LogP contribution in [0.15, 0.2) is 24.3 Å². The molecule has 0 aliphatic heterocycles. The third kappa shape index (κ3) is 3.49. The number of aliphatic hydroxyl groups excluding tert-OH is 1. The number of hydrogen-bond donors (Lipinski definition) is 2. The second-order valence-electron chi connectivity index (χ2n) is 5.15. The van der Waals surface area contributed by atoms with Crippen molar-refractivity contribution in [2.75, 3.05) is 0 Å².